The van der Waals surface area contributed by atoms with Crippen LogP contribution in [-0.2, 0) is 4.79 Å². The molecule has 2 heterocycles. The molecule has 0 atom stereocenters. The monoisotopic (exact) mass is 354 g/mol. The first-order valence-corrected chi connectivity index (χ1v) is 8.64. The summed E-state index contributed by atoms with van der Waals surface area (Å²) in [4.78, 5) is 15.2. The van der Waals surface area contributed by atoms with Gasteiger partial charge in [0.15, 0.2) is 11.0 Å². The number of benzene rings is 1. The molecule has 0 aliphatic carbocycles. The highest BCUT2D eigenvalue weighted by Gasteiger charge is 2.30. The van der Waals surface area contributed by atoms with Crippen LogP contribution >= 0.6 is 23.5 Å². The van der Waals surface area contributed by atoms with E-state index in [1.165, 1.54) is 0 Å². The lowest BCUT2D eigenvalue weighted by Gasteiger charge is -2.37. The van der Waals surface area contributed by atoms with E-state index in [-0.39, 0.29) is 11.3 Å². The first-order chi connectivity index (χ1) is 10.9. The number of fused-ring (bicyclic) bond motifs is 1. The van der Waals surface area contributed by atoms with E-state index >= 15 is 0 Å². The van der Waals surface area contributed by atoms with Crippen molar-refractivity contribution in [2.24, 2.45) is 5.41 Å². The largest absolute Gasteiger partial charge is 0.340 e. The summed E-state index contributed by atoms with van der Waals surface area (Å²) in [7, 11) is 0. The van der Waals surface area contributed by atoms with Crippen molar-refractivity contribution in [1.82, 2.24) is 19.5 Å². The first kappa shape index (κ1) is 16.5. The SMILES string of the molecule is CC(C)(C)C(=O)N1CCN(Sc2ccc(Cl)c3nonc23)CC1. The third kappa shape index (κ3) is 3.46. The van der Waals surface area contributed by atoms with Crippen LogP contribution in [0.2, 0.25) is 5.02 Å². The lowest BCUT2D eigenvalue weighted by atomic mass is 9.94. The molecular formula is C15H19ClN4O2S. The van der Waals surface area contributed by atoms with Gasteiger partial charge in [-0.2, -0.15) is 0 Å². The number of piperazine rings is 1. The van der Waals surface area contributed by atoms with Gasteiger partial charge < -0.3 is 4.90 Å². The quantitative estimate of drug-likeness (QED) is 0.772. The molecule has 0 spiro atoms. The number of carbonyl (C=O) groups excluding carboxylic acids is 1. The molecule has 1 aromatic heterocycles. The van der Waals surface area contributed by atoms with Gasteiger partial charge in [-0.25, -0.2) is 8.93 Å². The van der Waals surface area contributed by atoms with Crippen LogP contribution < -0.4 is 0 Å². The van der Waals surface area contributed by atoms with Crippen molar-refractivity contribution in [3.8, 4) is 0 Å². The Morgan fingerprint density at radius 2 is 1.83 bits per heavy atom. The molecule has 6 nitrogen and oxygen atoms in total. The smallest absolute Gasteiger partial charge is 0.228 e. The average Bonchev–Trinajstić information content (AvgIpc) is 3.00. The van der Waals surface area contributed by atoms with Crippen molar-refractivity contribution in [2.75, 3.05) is 26.2 Å². The lowest BCUT2D eigenvalue weighted by molar-refractivity contribution is -0.140. The zero-order chi connectivity index (χ0) is 16.6. The van der Waals surface area contributed by atoms with E-state index in [9.17, 15) is 4.79 Å². The average molecular weight is 355 g/mol. The fourth-order valence-electron chi connectivity index (χ4n) is 2.48. The van der Waals surface area contributed by atoms with Crippen LogP contribution in [0, 0.1) is 5.41 Å². The van der Waals surface area contributed by atoms with Crippen molar-refractivity contribution >= 4 is 40.5 Å². The fourth-order valence-corrected chi connectivity index (χ4v) is 3.64. The Kier molecular flexibility index (Phi) is 4.53. The van der Waals surface area contributed by atoms with E-state index in [0.717, 1.165) is 31.1 Å². The molecule has 1 aliphatic heterocycles. The van der Waals surface area contributed by atoms with Crippen molar-refractivity contribution in [2.45, 2.75) is 25.7 Å². The summed E-state index contributed by atoms with van der Waals surface area (Å²) < 4.78 is 7.02. The predicted molar refractivity (Wildman–Crippen MR) is 90.3 cm³/mol. The van der Waals surface area contributed by atoms with Gasteiger partial charge in [0, 0.05) is 31.6 Å². The molecule has 3 rings (SSSR count). The molecule has 0 radical (unpaired) electrons. The van der Waals surface area contributed by atoms with Crippen LogP contribution in [0.5, 0.6) is 0 Å². The Labute approximate surface area is 144 Å². The molecule has 1 fully saturated rings. The normalized spacial score (nSPS) is 17.0. The van der Waals surface area contributed by atoms with Gasteiger partial charge in [0.25, 0.3) is 0 Å². The molecule has 0 bridgehead atoms. The summed E-state index contributed by atoms with van der Waals surface area (Å²) in [5.74, 6) is 0.205. The highest BCUT2D eigenvalue weighted by molar-refractivity contribution is 7.97. The molecule has 0 unspecified atom stereocenters. The summed E-state index contributed by atoms with van der Waals surface area (Å²) in [6, 6.07) is 3.72. The molecular weight excluding hydrogens is 336 g/mol. The van der Waals surface area contributed by atoms with E-state index in [4.69, 9.17) is 16.2 Å². The maximum Gasteiger partial charge on any atom is 0.228 e. The second-order valence-corrected chi connectivity index (χ2v) is 8.12. The highest BCUT2D eigenvalue weighted by Crippen LogP contribution is 2.33. The van der Waals surface area contributed by atoms with Crippen molar-refractivity contribution in [3.05, 3.63) is 17.2 Å². The molecule has 1 aromatic carbocycles. The molecule has 23 heavy (non-hydrogen) atoms. The summed E-state index contributed by atoms with van der Waals surface area (Å²) in [5, 5.41) is 8.30. The van der Waals surface area contributed by atoms with Gasteiger partial charge in [0.2, 0.25) is 5.91 Å². The van der Waals surface area contributed by atoms with Crippen molar-refractivity contribution < 1.29 is 9.42 Å². The second-order valence-electron chi connectivity index (χ2n) is 6.57. The van der Waals surface area contributed by atoms with Crippen LogP contribution in [0.1, 0.15) is 20.8 Å². The number of hydrogen-bond acceptors (Lipinski definition) is 6. The second kappa shape index (κ2) is 6.30. The number of nitrogens with zero attached hydrogens (tertiary/aromatic N) is 4. The maximum atomic E-state index is 12.3. The Hall–Kier alpha value is -1.31. The third-order valence-electron chi connectivity index (χ3n) is 3.72. The van der Waals surface area contributed by atoms with Crippen LogP contribution in [0.15, 0.2) is 21.7 Å². The molecule has 1 amide bonds. The number of amides is 1. The predicted octanol–water partition coefficient (Wildman–Crippen LogP) is 3.07. The summed E-state index contributed by atoms with van der Waals surface area (Å²) in [5.41, 5.74) is 0.929. The molecule has 8 heteroatoms. The Balaban J connectivity index is 1.66. The number of rotatable bonds is 2. The standard InChI is InChI=1S/C15H19ClN4O2S/c1-15(2,3)14(21)19-6-8-20(9-7-19)23-11-5-4-10(16)12-13(11)18-22-17-12/h4-5H,6-9H2,1-3H3. The molecule has 1 saturated heterocycles. The van der Waals surface area contributed by atoms with Crippen LogP contribution in [0.3, 0.4) is 0 Å². The Morgan fingerprint density at radius 1 is 1.17 bits per heavy atom. The van der Waals surface area contributed by atoms with Crippen LogP contribution in [-0.4, -0.2) is 51.6 Å². The molecule has 2 aromatic rings. The number of halogens is 1. The van der Waals surface area contributed by atoms with Gasteiger partial charge in [-0.1, -0.05) is 32.4 Å². The van der Waals surface area contributed by atoms with Gasteiger partial charge in [0.05, 0.1) is 9.92 Å². The molecule has 1 aliphatic rings. The maximum absolute atomic E-state index is 12.3. The fraction of sp³-hybridized carbons (Fsp3) is 0.533. The minimum absolute atomic E-state index is 0.205. The lowest BCUT2D eigenvalue weighted by Crippen LogP contribution is -2.49. The first-order valence-electron chi connectivity index (χ1n) is 7.49. The number of aromatic nitrogens is 2. The van der Waals surface area contributed by atoms with E-state index < -0.39 is 0 Å². The van der Waals surface area contributed by atoms with Gasteiger partial charge in [0.1, 0.15) is 0 Å². The molecule has 124 valence electrons. The van der Waals surface area contributed by atoms with Crippen molar-refractivity contribution in [3.63, 3.8) is 0 Å². The highest BCUT2D eigenvalue weighted by atomic mass is 35.5. The van der Waals surface area contributed by atoms with Gasteiger partial charge in [-0.05, 0) is 34.4 Å². The third-order valence-corrected chi connectivity index (χ3v) is 5.18. The van der Waals surface area contributed by atoms with Gasteiger partial charge in [-0.3, -0.25) is 4.79 Å². The van der Waals surface area contributed by atoms with E-state index in [0.29, 0.717) is 16.1 Å². The molecule has 0 N–H and O–H groups in total. The van der Waals surface area contributed by atoms with Crippen LogP contribution in [0.25, 0.3) is 11.0 Å². The topological polar surface area (TPSA) is 62.5 Å². The number of carbonyl (C=O) groups is 1. The van der Waals surface area contributed by atoms with E-state index in [2.05, 4.69) is 14.6 Å². The zero-order valence-electron chi connectivity index (χ0n) is 13.4. The Bertz CT molecular complexity index is 720. The van der Waals surface area contributed by atoms with Crippen LogP contribution in [0.4, 0.5) is 0 Å². The minimum Gasteiger partial charge on any atom is -0.340 e. The van der Waals surface area contributed by atoms with E-state index in [1.807, 2.05) is 31.7 Å². The summed E-state index contributed by atoms with van der Waals surface area (Å²) in [6.07, 6.45) is 0. The summed E-state index contributed by atoms with van der Waals surface area (Å²) >= 11 is 7.68. The number of hydrogen-bond donors (Lipinski definition) is 0. The Morgan fingerprint density at radius 3 is 2.48 bits per heavy atom. The minimum atomic E-state index is -0.329. The molecule has 0 saturated carbocycles. The van der Waals surface area contributed by atoms with Crippen molar-refractivity contribution in [1.29, 1.82) is 0 Å². The zero-order valence-corrected chi connectivity index (χ0v) is 14.9. The van der Waals surface area contributed by atoms with Gasteiger partial charge >= 0.3 is 0 Å². The van der Waals surface area contributed by atoms with E-state index in [1.54, 1.807) is 18.0 Å². The summed E-state index contributed by atoms with van der Waals surface area (Å²) in [6.45, 7) is 8.95. The van der Waals surface area contributed by atoms with Gasteiger partial charge in [-0.15, -0.1) is 0 Å².